The molecule has 4 heteroatoms. The first-order valence-electron chi connectivity index (χ1n) is 7.12. The van der Waals surface area contributed by atoms with Crippen LogP contribution in [0.2, 0.25) is 0 Å². The average Bonchev–Trinajstić information content (AvgIpc) is 2.33. The maximum Gasteiger partial charge on any atom is 0.222 e. The third-order valence-electron chi connectivity index (χ3n) is 3.50. The van der Waals surface area contributed by atoms with Gasteiger partial charge in [0.15, 0.2) is 0 Å². The zero-order valence-electron chi connectivity index (χ0n) is 12.2. The van der Waals surface area contributed by atoms with Crippen molar-refractivity contribution in [1.82, 2.24) is 9.80 Å². The molecule has 2 N–H and O–H groups in total. The molecule has 18 heavy (non-hydrogen) atoms. The number of piperazine rings is 1. The molecule has 1 amide bonds. The lowest BCUT2D eigenvalue weighted by atomic mass is 9.92. The van der Waals surface area contributed by atoms with Gasteiger partial charge in [-0.25, -0.2) is 0 Å². The Balaban J connectivity index is 2.22. The van der Waals surface area contributed by atoms with Crippen molar-refractivity contribution in [2.75, 3.05) is 39.3 Å². The maximum absolute atomic E-state index is 11.8. The quantitative estimate of drug-likeness (QED) is 0.806. The molecule has 0 aromatic heterocycles. The van der Waals surface area contributed by atoms with Crippen LogP contribution in [0.4, 0.5) is 0 Å². The monoisotopic (exact) mass is 255 g/mol. The van der Waals surface area contributed by atoms with E-state index in [1.165, 1.54) is 6.42 Å². The lowest BCUT2D eigenvalue weighted by Gasteiger charge is -2.36. The smallest absolute Gasteiger partial charge is 0.222 e. The van der Waals surface area contributed by atoms with Gasteiger partial charge in [-0.15, -0.1) is 0 Å². The third kappa shape index (κ3) is 5.83. The Morgan fingerprint density at radius 2 is 1.78 bits per heavy atom. The van der Waals surface area contributed by atoms with E-state index in [2.05, 4.69) is 25.7 Å². The Morgan fingerprint density at radius 3 is 2.28 bits per heavy atom. The molecule has 0 aromatic carbocycles. The fraction of sp³-hybridized carbons (Fsp3) is 0.929. The van der Waals surface area contributed by atoms with E-state index in [4.69, 9.17) is 5.73 Å². The first kappa shape index (κ1) is 15.4. The Hall–Kier alpha value is -0.610. The fourth-order valence-electron chi connectivity index (χ4n) is 2.13. The second-order valence-corrected chi connectivity index (χ2v) is 6.43. The second-order valence-electron chi connectivity index (χ2n) is 6.43. The van der Waals surface area contributed by atoms with Crippen LogP contribution in [0.3, 0.4) is 0 Å². The molecular weight excluding hydrogens is 226 g/mol. The summed E-state index contributed by atoms with van der Waals surface area (Å²) in [5, 5.41) is 0. The van der Waals surface area contributed by atoms with Gasteiger partial charge in [-0.2, -0.15) is 0 Å². The van der Waals surface area contributed by atoms with E-state index in [-0.39, 0.29) is 5.91 Å². The van der Waals surface area contributed by atoms with E-state index in [0.717, 1.165) is 39.1 Å². The fourth-order valence-corrected chi connectivity index (χ4v) is 2.13. The summed E-state index contributed by atoms with van der Waals surface area (Å²) < 4.78 is 0. The summed E-state index contributed by atoms with van der Waals surface area (Å²) in [5.74, 6) is 0.274. The molecule has 1 fully saturated rings. The summed E-state index contributed by atoms with van der Waals surface area (Å²) in [4.78, 5) is 16.3. The molecule has 0 saturated carbocycles. The Kier molecular flexibility index (Phi) is 6.09. The summed E-state index contributed by atoms with van der Waals surface area (Å²) in [5.41, 5.74) is 5.83. The number of amides is 1. The minimum absolute atomic E-state index is 0.274. The molecule has 0 aromatic rings. The highest BCUT2D eigenvalue weighted by molar-refractivity contribution is 5.76. The molecule has 0 unspecified atom stereocenters. The Morgan fingerprint density at radius 1 is 1.17 bits per heavy atom. The molecule has 0 spiro atoms. The first-order chi connectivity index (χ1) is 8.42. The number of carbonyl (C=O) groups is 1. The van der Waals surface area contributed by atoms with E-state index in [1.807, 2.05) is 4.90 Å². The maximum atomic E-state index is 11.8. The zero-order valence-corrected chi connectivity index (χ0v) is 12.2. The van der Waals surface area contributed by atoms with Gasteiger partial charge in [0.05, 0.1) is 0 Å². The van der Waals surface area contributed by atoms with Crippen LogP contribution in [0.15, 0.2) is 0 Å². The summed E-state index contributed by atoms with van der Waals surface area (Å²) in [6.07, 6.45) is 2.63. The van der Waals surface area contributed by atoms with Crippen molar-refractivity contribution in [3.63, 3.8) is 0 Å². The van der Waals surface area contributed by atoms with Gasteiger partial charge in [0.2, 0.25) is 5.91 Å². The highest BCUT2D eigenvalue weighted by Gasteiger charge is 2.21. The number of hydrogen-bond acceptors (Lipinski definition) is 3. The third-order valence-corrected chi connectivity index (χ3v) is 3.50. The Labute approximate surface area is 111 Å². The number of carbonyl (C=O) groups excluding carboxylic acids is 1. The summed E-state index contributed by atoms with van der Waals surface area (Å²) in [6, 6.07) is 0. The van der Waals surface area contributed by atoms with Crippen molar-refractivity contribution in [1.29, 1.82) is 0 Å². The van der Waals surface area contributed by atoms with Crippen LogP contribution in [0.1, 0.15) is 40.0 Å². The van der Waals surface area contributed by atoms with E-state index in [9.17, 15) is 4.79 Å². The van der Waals surface area contributed by atoms with Gasteiger partial charge in [-0.05, 0) is 31.3 Å². The van der Waals surface area contributed by atoms with E-state index < -0.39 is 0 Å². The zero-order chi connectivity index (χ0) is 13.6. The molecule has 0 bridgehead atoms. The minimum atomic E-state index is 0.274. The van der Waals surface area contributed by atoms with Crippen molar-refractivity contribution in [2.24, 2.45) is 11.1 Å². The van der Waals surface area contributed by atoms with Crippen LogP contribution in [0, 0.1) is 5.41 Å². The number of rotatable bonds is 5. The molecule has 4 nitrogen and oxygen atoms in total. The van der Waals surface area contributed by atoms with Crippen molar-refractivity contribution < 1.29 is 4.79 Å². The van der Waals surface area contributed by atoms with Crippen molar-refractivity contribution >= 4 is 5.91 Å². The van der Waals surface area contributed by atoms with Gasteiger partial charge in [0, 0.05) is 32.6 Å². The van der Waals surface area contributed by atoms with Crippen LogP contribution in [0.5, 0.6) is 0 Å². The standard InChI is InChI=1S/C14H29N3O/c1-14(2,3)6-8-16-9-11-17(12-10-16)13(18)5-4-7-15/h4-12,15H2,1-3H3. The number of nitrogens with two attached hydrogens (primary N) is 1. The summed E-state index contributed by atoms with van der Waals surface area (Å²) >= 11 is 0. The van der Waals surface area contributed by atoms with Crippen LogP contribution < -0.4 is 5.73 Å². The van der Waals surface area contributed by atoms with Gasteiger partial charge < -0.3 is 10.6 Å². The van der Waals surface area contributed by atoms with Gasteiger partial charge in [-0.3, -0.25) is 9.69 Å². The molecule has 1 aliphatic rings. The molecule has 106 valence electrons. The minimum Gasteiger partial charge on any atom is -0.340 e. The normalized spacial score (nSPS) is 18.1. The SMILES string of the molecule is CC(C)(C)CCN1CCN(C(=O)CCCN)CC1. The predicted molar refractivity (Wildman–Crippen MR) is 75.4 cm³/mol. The van der Waals surface area contributed by atoms with Crippen molar-refractivity contribution in [3.05, 3.63) is 0 Å². The molecule has 1 rings (SSSR count). The topological polar surface area (TPSA) is 49.6 Å². The largest absolute Gasteiger partial charge is 0.340 e. The highest BCUT2D eigenvalue weighted by atomic mass is 16.2. The van der Waals surface area contributed by atoms with Crippen LogP contribution in [-0.4, -0.2) is 55.0 Å². The molecule has 0 atom stereocenters. The molecule has 0 radical (unpaired) electrons. The van der Waals surface area contributed by atoms with Gasteiger partial charge >= 0.3 is 0 Å². The van der Waals surface area contributed by atoms with Crippen molar-refractivity contribution in [2.45, 2.75) is 40.0 Å². The van der Waals surface area contributed by atoms with Gasteiger partial charge in [0.1, 0.15) is 0 Å². The first-order valence-corrected chi connectivity index (χ1v) is 7.12. The highest BCUT2D eigenvalue weighted by Crippen LogP contribution is 2.19. The van der Waals surface area contributed by atoms with E-state index in [1.54, 1.807) is 0 Å². The van der Waals surface area contributed by atoms with Crippen molar-refractivity contribution in [3.8, 4) is 0 Å². The molecule has 1 heterocycles. The molecule has 1 aliphatic heterocycles. The number of nitrogens with zero attached hydrogens (tertiary/aromatic N) is 2. The van der Waals surface area contributed by atoms with Crippen LogP contribution in [0.25, 0.3) is 0 Å². The van der Waals surface area contributed by atoms with Crippen LogP contribution >= 0.6 is 0 Å². The van der Waals surface area contributed by atoms with E-state index >= 15 is 0 Å². The predicted octanol–water partition coefficient (Wildman–Crippen LogP) is 1.31. The van der Waals surface area contributed by atoms with Crippen LogP contribution in [-0.2, 0) is 4.79 Å². The average molecular weight is 255 g/mol. The number of hydrogen-bond donors (Lipinski definition) is 1. The lowest BCUT2D eigenvalue weighted by Crippen LogP contribution is -2.49. The molecular formula is C14H29N3O. The second kappa shape index (κ2) is 7.10. The van der Waals surface area contributed by atoms with Gasteiger partial charge in [-0.1, -0.05) is 20.8 Å². The molecule has 0 aliphatic carbocycles. The van der Waals surface area contributed by atoms with Gasteiger partial charge in [0.25, 0.3) is 0 Å². The Bertz CT molecular complexity index is 252. The summed E-state index contributed by atoms with van der Waals surface area (Å²) in [7, 11) is 0. The molecule has 1 saturated heterocycles. The van der Waals surface area contributed by atoms with E-state index in [0.29, 0.717) is 18.4 Å². The summed E-state index contributed by atoms with van der Waals surface area (Å²) in [6.45, 7) is 12.4. The lowest BCUT2D eigenvalue weighted by molar-refractivity contribution is -0.133.